The van der Waals surface area contributed by atoms with Crippen LogP contribution in [0.25, 0.3) is 33.3 Å². The van der Waals surface area contributed by atoms with Crippen molar-refractivity contribution in [2.24, 2.45) is 20.0 Å². The Labute approximate surface area is 403 Å². The zero-order valence-electron chi connectivity index (χ0n) is 40.3. The molecule has 4 aliphatic rings. The first kappa shape index (κ1) is 46.8. The summed E-state index contributed by atoms with van der Waals surface area (Å²) in [6, 6.07) is 13.3. The van der Waals surface area contributed by atoms with Crippen LogP contribution in [0, 0.1) is 24.5 Å². The van der Waals surface area contributed by atoms with E-state index >= 15 is 4.39 Å². The number of anilines is 2. The second-order valence-electron chi connectivity index (χ2n) is 19.4. The number of amides is 3. The van der Waals surface area contributed by atoms with Crippen molar-refractivity contribution in [1.82, 2.24) is 43.3 Å². The number of carbonyl (C=O) groups excluding carboxylic acids is 3. The van der Waals surface area contributed by atoms with Crippen LogP contribution in [0.15, 0.2) is 76.6 Å². The van der Waals surface area contributed by atoms with Crippen LogP contribution in [0.1, 0.15) is 78.3 Å². The molecule has 8 heterocycles. The third-order valence-electron chi connectivity index (χ3n) is 15.3. The number of halogens is 2. The quantitative estimate of drug-likeness (QED) is 0.168. The Hall–Kier alpha value is -6.92. The van der Waals surface area contributed by atoms with E-state index in [9.17, 15) is 28.4 Å². The van der Waals surface area contributed by atoms with Crippen LogP contribution in [0.2, 0.25) is 0 Å². The topological polar surface area (TPSA) is 155 Å². The highest BCUT2D eigenvalue weighted by molar-refractivity contribution is 6.00. The number of aryl methyl sites for hydroxylation is 3. The molecule has 70 heavy (non-hydrogen) atoms. The van der Waals surface area contributed by atoms with Gasteiger partial charge in [-0.05, 0) is 99.0 Å². The van der Waals surface area contributed by atoms with Crippen molar-refractivity contribution in [2.45, 2.75) is 58.0 Å². The van der Waals surface area contributed by atoms with Crippen LogP contribution >= 0.6 is 0 Å². The van der Waals surface area contributed by atoms with Gasteiger partial charge in [-0.3, -0.25) is 48.0 Å². The number of nitrogens with one attached hydrogen (secondary N) is 2. The molecule has 0 aliphatic carbocycles. The molecule has 1 unspecified atom stereocenters. The van der Waals surface area contributed by atoms with E-state index < -0.39 is 17.8 Å². The van der Waals surface area contributed by atoms with Gasteiger partial charge in [0.05, 0.1) is 28.6 Å². The fraction of sp³-hybridized carbons (Fsp3) is 0.423. The van der Waals surface area contributed by atoms with Gasteiger partial charge in [-0.1, -0.05) is 6.08 Å². The number of fused-ring (bicyclic) bond motifs is 2. The summed E-state index contributed by atoms with van der Waals surface area (Å²) in [5.41, 5.74) is 6.70. The average Bonchev–Trinajstić information content (AvgIpc) is 3.83. The lowest BCUT2D eigenvalue weighted by Crippen LogP contribution is -2.49. The summed E-state index contributed by atoms with van der Waals surface area (Å²) in [5, 5.41) is 5.81. The molecule has 0 saturated carbocycles. The van der Waals surface area contributed by atoms with E-state index in [0.29, 0.717) is 72.9 Å². The Kier molecular flexibility index (Phi) is 12.5. The number of nitrogens with zero attached hydrogens (tertiary/aromatic N) is 9. The number of hydrogen-bond donors (Lipinski definition) is 2. The van der Waals surface area contributed by atoms with E-state index in [4.69, 9.17) is 0 Å². The molecule has 0 radical (unpaired) electrons. The van der Waals surface area contributed by atoms with Gasteiger partial charge >= 0.3 is 5.69 Å². The van der Waals surface area contributed by atoms with Gasteiger partial charge in [-0.15, -0.1) is 0 Å². The van der Waals surface area contributed by atoms with Crippen molar-refractivity contribution in [3.8, 4) is 5.69 Å². The van der Waals surface area contributed by atoms with Gasteiger partial charge in [0.1, 0.15) is 17.5 Å². The minimum Gasteiger partial charge on any atom is -0.386 e. The van der Waals surface area contributed by atoms with Crippen molar-refractivity contribution in [2.75, 3.05) is 76.2 Å². The second kappa shape index (κ2) is 18.8. The highest BCUT2D eigenvalue weighted by Crippen LogP contribution is 2.35. The number of pyridine rings is 2. The monoisotopic (exact) mass is 955 g/mol. The number of benzene rings is 2. The third-order valence-corrected chi connectivity index (χ3v) is 15.3. The molecule has 2 atom stereocenters. The number of imidazole rings is 1. The molecular weight excluding hydrogens is 897 g/mol. The molecule has 366 valence electrons. The number of hydrogen-bond acceptors (Lipinski definition) is 10. The molecule has 3 amide bonds. The number of carbonyl (C=O) groups is 3. The Morgan fingerprint density at radius 2 is 1.64 bits per heavy atom. The van der Waals surface area contributed by atoms with Gasteiger partial charge in [0, 0.05) is 133 Å². The van der Waals surface area contributed by atoms with Crippen molar-refractivity contribution in [3.63, 3.8) is 0 Å². The largest absolute Gasteiger partial charge is 0.386 e. The molecule has 18 heteroatoms. The first-order valence-electron chi connectivity index (χ1n) is 24.3. The van der Waals surface area contributed by atoms with E-state index in [1.807, 2.05) is 53.8 Å². The summed E-state index contributed by atoms with van der Waals surface area (Å²) in [6.07, 6.45) is 7.76. The van der Waals surface area contributed by atoms with Crippen LogP contribution in [-0.2, 0) is 23.7 Å². The number of likely N-dealkylation sites (tertiary alicyclic amines) is 1. The summed E-state index contributed by atoms with van der Waals surface area (Å²) in [7, 11) is 5.21. The van der Waals surface area contributed by atoms with E-state index in [1.54, 1.807) is 30.9 Å². The van der Waals surface area contributed by atoms with Crippen molar-refractivity contribution < 1.29 is 23.2 Å². The Morgan fingerprint density at radius 3 is 2.34 bits per heavy atom. The SMILES string of the molecule is CNc1cc(=O)n(-c2ccnc3c2cc([C@H](C)N2CC=C(c4c(C)cc(C(=O)N5CCC(CN6CCN(c7ccc8c(c7)n(C)c(=O)n8C7CCC(=O)NC7=O)CC6)CC5)cc4F)CC2)n3C)cc1F. The fourth-order valence-electron chi connectivity index (χ4n) is 11.3. The second-order valence-corrected chi connectivity index (χ2v) is 19.4. The van der Waals surface area contributed by atoms with Gasteiger partial charge in [0.2, 0.25) is 11.8 Å². The summed E-state index contributed by atoms with van der Waals surface area (Å²) in [5.74, 6) is -1.38. The summed E-state index contributed by atoms with van der Waals surface area (Å²) in [6.45, 7) is 10.9. The molecule has 2 aromatic carbocycles. The standard InChI is InChI=1S/C52H59F2N11O5/c1-31-24-35(25-38(53)48(31)34-13-18-61(19-14-34)32(2)44-27-37-41(10-15-56-49(37)58(44)4)64-30-39(54)40(55-3)28-47(64)67)51(69)63-16-11-33(12-17-63)29-60-20-22-62(23-21-60)36-6-7-42-45(26-36)59(5)52(70)65(42)43-8-9-46(66)57-50(43)68/h6-7,10,13,15,24-28,30,32-33,43,55H,8-9,11-12,14,16-23,29H2,1-5H3,(H,57,66,68)/t32-,43?/m0/s1. The fourth-order valence-corrected chi connectivity index (χ4v) is 11.3. The zero-order chi connectivity index (χ0) is 49.1. The van der Waals surface area contributed by atoms with Crippen LogP contribution < -0.4 is 26.8 Å². The molecule has 0 bridgehead atoms. The molecule has 4 aromatic heterocycles. The lowest BCUT2D eigenvalue weighted by molar-refractivity contribution is -0.135. The van der Waals surface area contributed by atoms with Crippen molar-refractivity contribution in [3.05, 3.63) is 122 Å². The summed E-state index contributed by atoms with van der Waals surface area (Å²) >= 11 is 0. The lowest BCUT2D eigenvalue weighted by atomic mass is 9.92. The van der Waals surface area contributed by atoms with Gasteiger partial charge in [0.25, 0.3) is 11.5 Å². The first-order valence-corrected chi connectivity index (χ1v) is 24.3. The minimum atomic E-state index is -0.719. The summed E-state index contributed by atoms with van der Waals surface area (Å²) in [4.78, 5) is 78.1. The van der Waals surface area contributed by atoms with Gasteiger partial charge < -0.3 is 19.7 Å². The number of rotatable bonds is 10. The van der Waals surface area contributed by atoms with Crippen LogP contribution in [0.5, 0.6) is 0 Å². The predicted octanol–water partition coefficient (Wildman–Crippen LogP) is 5.51. The van der Waals surface area contributed by atoms with Crippen LogP contribution in [-0.4, -0.2) is 122 Å². The molecule has 0 spiro atoms. The maximum Gasteiger partial charge on any atom is 0.329 e. The Balaban J connectivity index is 0.729. The predicted molar refractivity (Wildman–Crippen MR) is 265 cm³/mol. The van der Waals surface area contributed by atoms with E-state index in [1.165, 1.54) is 27.5 Å². The highest BCUT2D eigenvalue weighted by atomic mass is 19.1. The van der Waals surface area contributed by atoms with E-state index in [-0.39, 0.29) is 47.0 Å². The molecule has 2 N–H and O–H groups in total. The normalized spacial score (nSPS) is 19.2. The van der Waals surface area contributed by atoms with E-state index in [0.717, 1.165) is 79.0 Å². The van der Waals surface area contributed by atoms with Gasteiger partial charge in [0.15, 0.2) is 5.82 Å². The molecule has 4 aliphatic heterocycles. The number of piperazine rings is 1. The molecule has 6 aromatic rings. The van der Waals surface area contributed by atoms with Crippen LogP contribution in [0.4, 0.5) is 20.2 Å². The smallest absolute Gasteiger partial charge is 0.329 e. The molecule has 3 fully saturated rings. The van der Waals surface area contributed by atoms with Crippen LogP contribution in [0.3, 0.4) is 0 Å². The minimum absolute atomic E-state index is 0.0480. The van der Waals surface area contributed by atoms with Crippen molar-refractivity contribution >= 4 is 56.7 Å². The Morgan fingerprint density at radius 1 is 0.871 bits per heavy atom. The summed E-state index contributed by atoms with van der Waals surface area (Å²) < 4.78 is 37.3. The zero-order valence-corrected chi connectivity index (χ0v) is 40.3. The molecule has 16 nitrogen and oxygen atoms in total. The number of aromatic nitrogens is 5. The van der Waals surface area contributed by atoms with Crippen molar-refractivity contribution in [1.29, 1.82) is 0 Å². The number of imide groups is 1. The molecular formula is C52H59F2N11O5. The Bertz CT molecular complexity index is 3200. The molecule has 3 saturated heterocycles. The highest BCUT2D eigenvalue weighted by Gasteiger charge is 2.33. The first-order chi connectivity index (χ1) is 33.7. The number of piperidine rings is 2. The molecule has 10 rings (SSSR count). The maximum absolute atomic E-state index is 16.1. The van der Waals surface area contributed by atoms with E-state index in [2.05, 4.69) is 43.3 Å². The third kappa shape index (κ3) is 8.50. The van der Waals surface area contributed by atoms with Gasteiger partial charge in [-0.2, -0.15) is 0 Å². The van der Waals surface area contributed by atoms with Gasteiger partial charge in [-0.25, -0.2) is 18.6 Å². The maximum atomic E-state index is 16.1. The lowest BCUT2D eigenvalue weighted by Gasteiger charge is -2.39. The average molecular weight is 956 g/mol.